The predicted molar refractivity (Wildman–Crippen MR) is 132 cm³/mol. The van der Waals surface area contributed by atoms with Gasteiger partial charge in [0, 0.05) is 11.6 Å². The first kappa shape index (κ1) is 22.9. The van der Waals surface area contributed by atoms with Crippen molar-refractivity contribution in [3.8, 4) is 5.75 Å². The molecule has 1 atom stereocenters. The second-order valence-corrected chi connectivity index (χ2v) is 8.81. The van der Waals surface area contributed by atoms with Crippen molar-refractivity contribution in [2.45, 2.75) is 19.5 Å². The first-order valence-corrected chi connectivity index (χ1v) is 11.4. The van der Waals surface area contributed by atoms with Crippen molar-refractivity contribution in [2.75, 3.05) is 6.61 Å². The molecule has 0 radical (unpaired) electrons. The fourth-order valence-corrected chi connectivity index (χ4v) is 4.53. The number of aryl methyl sites for hydroxylation is 1. The zero-order valence-corrected chi connectivity index (χ0v) is 19.6. The molecule has 7 heteroatoms. The monoisotopic (exact) mass is 489 g/mol. The van der Waals surface area contributed by atoms with Crippen LogP contribution in [0.2, 0.25) is 5.02 Å². The number of amides is 1. The Labute approximate surface area is 206 Å². The summed E-state index contributed by atoms with van der Waals surface area (Å²) in [7, 11) is 0. The van der Waals surface area contributed by atoms with Gasteiger partial charge in [-0.1, -0.05) is 48.5 Å². The van der Waals surface area contributed by atoms with Gasteiger partial charge in [0.1, 0.15) is 23.8 Å². The molecule has 1 amide bonds. The summed E-state index contributed by atoms with van der Waals surface area (Å²) in [5.41, 5.74) is 2.36. The molecular weight excluding hydrogens is 469 g/mol. The van der Waals surface area contributed by atoms with Gasteiger partial charge in [0.25, 0.3) is 5.91 Å². The van der Waals surface area contributed by atoms with Crippen molar-refractivity contribution in [3.63, 3.8) is 0 Å². The topological polar surface area (TPSA) is 59.8 Å². The van der Waals surface area contributed by atoms with Crippen LogP contribution >= 0.6 is 11.6 Å². The molecule has 1 aliphatic heterocycles. The molecule has 176 valence electrons. The van der Waals surface area contributed by atoms with E-state index in [1.807, 2.05) is 6.07 Å². The first-order chi connectivity index (χ1) is 16.9. The van der Waals surface area contributed by atoms with Gasteiger partial charge in [-0.15, -0.1) is 0 Å². The summed E-state index contributed by atoms with van der Waals surface area (Å²) in [6.45, 7) is 5.93. The summed E-state index contributed by atoms with van der Waals surface area (Å²) in [6.07, 6.45) is 1.63. The fraction of sp³-hybridized carbons (Fsp3) is 0.143. The van der Waals surface area contributed by atoms with Crippen LogP contribution in [0.1, 0.15) is 38.9 Å². The van der Waals surface area contributed by atoms with E-state index in [1.54, 1.807) is 60.4 Å². The van der Waals surface area contributed by atoms with Crippen LogP contribution in [0, 0.1) is 12.7 Å². The van der Waals surface area contributed by atoms with E-state index >= 15 is 0 Å². The highest BCUT2D eigenvalue weighted by molar-refractivity contribution is 6.32. The number of carbonyl (C=O) groups excluding carboxylic acids is 1. The van der Waals surface area contributed by atoms with Gasteiger partial charge in [0.05, 0.1) is 17.0 Å². The zero-order valence-electron chi connectivity index (χ0n) is 18.9. The lowest BCUT2D eigenvalue weighted by Gasteiger charge is -2.25. The Morgan fingerprint density at radius 3 is 2.66 bits per heavy atom. The number of nitrogens with zero attached hydrogens (tertiary/aromatic N) is 1. The van der Waals surface area contributed by atoms with Crippen LogP contribution in [0.25, 0.3) is 11.0 Å². The van der Waals surface area contributed by atoms with Crippen molar-refractivity contribution in [1.82, 2.24) is 4.90 Å². The van der Waals surface area contributed by atoms with E-state index in [1.165, 1.54) is 12.1 Å². The van der Waals surface area contributed by atoms with Gasteiger partial charge in [-0.25, -0.2) is 4.39 Å². The summed E-state index contributed by atoms with van der Waals surface area (Å²) in [5, 5.41) is 0.744. The molecule has 0 bridgehead atoms. The van der Waals surface area contributed by atoms with E-state index in [0.717, 1.165) is 5.56 Å². The van der Waals surface area contributed by atoms with Crippen molar-refractivity contribution in [3.05, 3.63) is 122 Å². The minimum absolute atomic E-state index is 0.00579. The number of fused-ring (bicyclic) bond motifs is 2. The van der Waals surface area contributed by atoms with Crippen molar-refractivity contribution in [2.24, 2.45) is 0 Å². The maximum absolute atomic E-state index is 13.7. The predicted octanol–water partition coefficient (Wildman–Crippen LogP) is 6.20. The summed E-state index contributed by atoms with van der Waals surface area (Å²) < 4.78 is 25.2. The molecule has 5 rings (SSSR count). The Bertz CT molecular complexity index is 1530. The number of benzene rings is 3. The Kier molecular flexibility index (Phi) is 5.91. The van der Waals surface area contributed by atoms with Gasteiger partial charge < -0.3 is 14.1 Å². The summed E-state index contributed by atoms with van der Waals surface area (Å²) in [6, 6.07) is 15.6. The van der Waals surface area contributed by atoms with Crippen molar-refractivity contribution >= 4 is 28.5 Å². The molecule has 0 saturated carbocycles. The Balaban J connectivity index is 1.70. The van der Waals surface area contributed by atoms with Gasteiger partial charge >= 0.3 is 0 Å². The molecule has 1 unspecified atom stereocenters. The van der Waals surface area contributed by atoms with Gasteiger partial charge in [0.15, 0.2) is 5.43 Å². The van der Waals surface area contributed by atoms with E-state index in [2.05, 4.69) is 6.58 Å². The second kappa shape index (κ2) is 9.04. The van der Waals surface area contributed by atoms with Crippen LogP contribution in [-0.2, 0) is 6.54 Å². The minimum Gasteiger partial charge on any atom is -0.490 e. The molecule has 0 saturated heterocycles. The van der Waals surface area contributed by atoms with Gasteiger partial charge in [0.2, 0.25) is 5.76 Å². The smallest absolute Gasteiger partial charge is 0.291 e. The number of ether oxygens (including phenoxy) is 1. The van der Waals surface area contributed by atoms with E-state index in [9.17, 15) is 14.0 Å². The number of halogens is 2. The summed E-state index contributed by atoms with van der Waals surface area (Å²) in [5.74, 6) is -0.218. The average Bonchev–Trinajstić information content (AvgIpc) is 3.12. The highest BCUT2D eigenvalue weighted by Crippen LogP contribution is 2.40. The van der Waals surface area contributed by atoms with Crippen LogP contribution in [0.4, 0.5) is 4.39 Å². The lowest BCUT2D eigenvalue weighted by molar-refractivity contribution is 0.0714. The molecule has 35 heavy (non-hydrogen) atoms. The molecule has 0 spiro atoms. The lowest BCUT2D eigenvalue weighted by Crippen LogP contribution is -2.29. The molecule has 2 heterocycles. The van der Waals surface area contributed by atoms with E-state index in [0.29, 0.717) is 39.5 Å². The molecule has 1 aromatic heterocycles. The van der Waals surface area contributed by atoms with Gasteiger partial charge in [-0.05, 0) is 60.0 Å². The number of rotatable bonds is 6. The Morgan fingerprint density at radius 1 is 1.14 bits per heavy atom. The largest absolute Gasteiger partial charge is 0.490 e. The number of carbonyl (C=O) groups is 1. The molecule has 3 aromatic carbocycles. The fourth-order valence-electron chi connectivity index (χ4n) is 4.37. The molecule has 4 aromatic rings. The van der Waals surface area contributed by atoms with Crippen LogP contribution in [0.5, 0.6) is 5.75 Å². The van der Waals surface area contributed by atoms with Gasteiger partial charge in [-0.2, -0.15) is 0 Å². The normalized spacial score (nSPS) is 14.9. The third kappa shape index (κ3) is 4.10. The minimum atomic E-state index is -0.726. The van der Waals surface area contributed by atoms with Crippen LogP contribution in [0.15, 0.2) is 82.5 Å². The van der Waals surface area contributed by atoms with Crippen LogP contribution in [0.3, 0.4) is 0 Å². The molecule has 1 aliphatic rings. The third-order valence-electron chi connectivity index (χ3n) is 6.05. The lowest BCUT2D eigenvalue weighted by atomic mass is 9.97. The first-order valence-electron chi connectivity index (χ1n) is 11.0. The zero-order chi connectivity index (χ0) is 24.7. The Morgan fingerprint density at radius 2 is 1.91 bits per heavy atom. The van der Waals surface area contributed by atoms with Crippen LogP contribution < -0.4 is 10.2 Å². The van der Waals surface area contributed by atoms with Gasteiger partial charge in [-0.3, -0.25) is 9.59 Å². The second-order valence-electron chi connectivity index (χ2n) is 8.41. The molecule has 5 nitrogen and oxygen atoms in total. The number of hydrogen-bond donors (Lipinski definition) is 0. The maximum Gasteiger partial charge on any atom is 0.291 e. The molecule has 0 fully saturated rings. The summed E-state index contributed by atoms with van der Waals surface area (Å²) >= 11 is 6.30. The third-order valence-corrected chi connectivity index (χ3v) is 6.46. The van der Waals surface area contributed by atoms with Crippen molar-refractivity contribution in [1.29, 1.82) is 0 Å². The number of hydrogen-bond acceptors (Lipinski definition) is 4. The van der Waals surface area contributed by atoms with Crippen molar-refractivity contribution < 1.29 is 18.3 Å². The SMILES string of the molecule is C=CCOc1cccc(C2c3c(oc4cc(C)c(Cl)cc4c3=O)C(=O)N2Cc2ccc(F)cc2)c1. The van der Waals surface area contributed by atoms with Crippen LogP contribution in [-0.4, -0.2) is 17.4 Å². The quantitative estimate of drug-likeness (QED) is 0.302. The average molecular weight is 490 g/mol. The molecular formula is C28H21ClFNO4. The molecule has 0 N–H and O–H groups in total. The highest BCUT2D eigenvalue weighted by atomic mass is 35.5. The molecule has 0 aliphatic carbocycles. The summed E-state index contributed by atoms with van der Waals surface area (Å²) in [4.78, 5) is 28.9. The van der Waals surface area contributed by atoms with E-state index in [4.69, 9.17) is 20.8 Å². The standard InChI is InChI=1S/C28H21ClFNO4/c1-3-11-34-20-6-4-5-18(13-20)25-24-26(32)21-14-22(29)16(2)12-23(21)35-27(24)28(33)31(25)15-17-7-9-19(30)10-8-17/h3-10,12-14,25H,1,11,15H2,2H3. The Hall–Kier alpha value is -3.90. The van der Waals surface area contributed by atoms with E-state index in [-0.39, 0.29) is 29.1 Å². The maximum atomic E-state index is 13.7. The van der Waals surface area contributed by atoms with E-state index < -0.39 is 11.9 Å². The highest BCUT2D eigenvalue weighted by Gasteiger charge is 2.43.